The van der Waals surface area contributed by atoms with E-state index in [2.05, 4.69) is 36.4 Å². The number of amides is 3. The molecule has 3 amide bonds. The highest BCUT2D eigenvalue weighted by atomic mass is 35.5. The summed E-state index contributed by atoms with van der Waals surface area (Å²) in [6, 6.07) is 20.8. The van der Waals surface area contributed by atoms with E-state index in [9.17, 15) is 19.2 Å². The van der Waals surface area contributed by atoms with Crippen LogP contribution in [0.5, 0.6) is 5.75 Å². The summed E-state index contributed by atoms with van der Waals surface area (Å²) >= 11 is 6.57. The van der Waals surface area contributed by atoms with Crippen molar-refractivity contribution in [1.82, 2.24) is 15.5 Å². The molecule has 0 spiro atoms. The lowest BCUT2D eigenvalue weighted by molar-refractivity contribution is -0.191. The number of aliphatic imine (C=N–C) groups is 1. The summed E-state index contributed by atoms with van der Waals surface area (Å²) in [6.45, 7) is 17.6. The Balaban J connectivity index is 0.00000325. The number of rotatable bonds is 9. The smallest absolute Gasteiger partial charge is 0.414 e. The third kappa shape index (κ3) is 17.8. The molecule has 0 saturated carbocycles. The standard InChI is InChI=1S/C39H49ClN4O7.CO2/c1-37(2,3)25-44(22-21-26-13-11-10-12-14-26)32(45)23-28-17-20-30(24-31(28)40)49-33(46)27-15-18-29(19-16-27)41-34(42-35(47)50-38(4,5)6)43-36(48)51-39(7,8)9;2-1-3/h10-20,24H,21-23,25H2,1-9H3,(H2,41,42,43,47,48);. The molecule has 0 fully saturated rings. The average molecular weight is 765 g/mol. The van der Waals surface area contributed by atoms with Gasteiger partial charge in [-0.25, -0.2) is 19.4 Å². The third-order valence-electron chi connectivity index (χ3n) is 6.69. The highest BCUT2D eigenvalue weighted by Gasteiger charge is 2.23. The monoisotopic (exact) mass is 764 g/mol. The number of nitrogens with one attached hydrogen (secondary N) is 2. The highest BCUT2D eigenvalue weighted by molar-refractivity contribution is 6.31. The van der Waals surface area contributed by atoms with Crippen LogP contribution in [0.4, 0.5) is 15.3 Å². The number of ether oxygens (including phenoxy) is 3. The first-order chi connectivity index (χ1) is 25.1. The molecular weight excluding hydrogens is 716 g/mol. The largest absolute Gasteiger partial charge is 0.444 e. The number of nitrogens with zero attached hydrogens (tertiary/aromatic N) is 2. The number of esters is 1. The van der Waals surface area contributed by atoms with Gasteiger partial charge in [0.25, 0.3) is 0 Å². The van der Waals surface area contributed by atoms with Gasteiger partial charge in [-0.15, -0.1) is 0 Å². The molecule has 0 heterocycles. The summed E-state index contributed by atoms with van der Waals surface area (Å²) in [5, 5.41) is 5.12. The molecule has 0 aliphatic rings. The SMILES string of the molecule is CC(C)(C)CN(CCc1ccccc1)C(=O)Cc1ccc(OC(=O)c2ccc(N=C(NC(=O)OC(C)(C)C)NC(=O)OC(C)(C)C)cc2)cc1Cl.O=C=O. The first-order valence-electron chi connectivity index (χ1n) is 17.1. The Bertz CT molecular complexity index is 1770. The number of carbonyl (C=O) groups excluding carboxylic acids is 6. The zero-order chi connectivity index (χ0) is 40.7. The van der Waals surface area contributed by atoms with E-state index in [1.807, 2.05) is 35.2 Å². The van der Waals surface area contributed by atoms with Gasteiger partial charge in [0.1, 0.15) is 17.0 Å². The van der Waals surface area contributed by atoms with Gasteiger partial charge in [-0.2, -0.15) is 9.59 Å². The normalized spacial score (nSPS) is 11.1. The van der Waals surface area contributed by atoms with Crippen LogP contribution in [-0.2, 0) is 36.7 Å². The van der Waals surface area contributed by atoms with Crippen molar-refractivity contribution in [2.75, 3.05) is 13.1 Å². The minimum absolute atomic E-state index is 0.0407. The molecule has 0 bridgehead atoms. The van der Waals surface area contributed by atoms with Crippen LogP contribution in [0.3, 0.4) is 0 Å². The van der Waals surface area contributed by atoms with Crippen LogP contribution < -0.4 is 15.4 Å². The van der Waals surface area contributed by atoms with E-state index in [1.54, 1.807) is 53.7 Å². The van der Waals surface area contributed by atoms with Gasteiger partial charge in [0.05, 0.1) is 17.7 Å². The van der Waals surface area contributed by atoms with Crippen molar-refractivity contribution in [3.05, 3.63) is 94.5 Å². The minimum Gasteiger partial charge on any atom is -0.444 e. The fourth-order valence-electron chi connectivity index (χ4n) is 4.64. The molecule has 0 radical (unpaired) electrons. The average Bonchev–Trinajstić information content (AvgIpc) is 3.03. The van der Waals surface area contributed by atoms with Gasteiger partial charge in [-0.05, 0) is 101 Å². The Morgan fingerprint density at radius 2 is 1.31 bits per heavy atom. The molecule has 290 valence electrons. The van der Waals surface area contributed by atoms with Crippen molar-refractivity contribution < 1.29 is 43.0 Å². The van der Waals surface area contributed by atoms with Crippen LogP contribution in [0.2, 0.25) is 5.02 Å². The molecule has 3 aromatic rings. The Morgan fingerprint density at radius 3 is 1.80 bits per heavy atom. The van der Waals surface area contributed by atoms with Crippen molar-refractivity contribution in [3.63, 3.8) is 0 Å². The molecule has 0 atom stereocenters. The van der Waals surface area contributed by atoms with Crippen molar-refractivity contribution >= 4 is 53.5 Å². The number of benzene rings is 3. The molecule has 54 heavy (non-hydrogen) atoms. The Kier molecular flexibility index (Phi) is 16.6. The molecule has 3 aromatic carbocycles. The van der Waals surface area contributed by atoms with Gasteiger partial charge < -0.3 is 19.1 Å². The van der Waals surface area contributed by atoms with Crippen LogP contribution >= 0.6 is 11.6 Å². The molecule has 0 unspecified atom stereocenters. The number of hydrogen-bond donors (Lipinski definition) is 2. The van der Waals surface area contributed by atoms with E-state index in [0.29, 0.717) is 29.4 Å². The summed E-state index contributed by atoms with van der Waals surface area (Å²) < 4.78 is 16.1. The van der Waals surface area contributed by atoms with Crippen LogP contribution in [0, 0.1) is 5.41 Å². The Hall–Kier alpha value is -5.52. The summed E-state index contributed by atoms with van der Waals surface area (Å²) in [5.41, 5.74) is 0.623. The summed E-state index contributed by atoms with van der Waals surface area (Å²) in [6.07, 6.45) is -0.576. The highest BCUT2D eigenvalue weighted by Crippen LogP contribution is 2.26. The quantitative estimate of drug-likeness (QED) is 0.0961. The Morgan fingerprint density at radius 1 is 0.778 bits per heavy atom. The predicted octanol–water partition coefficient (Wildman–Crippen LogP) is 7.67. The number of alkyl carbamates (subject to hydrolysis) is 2. The van der Waals surface area contributed by atoms with E-state index in [0.717, 1.165) is 12.0 Å². The molecule has 13 nitrogen and oxygen atoms in total. The van der Waals surface area contributed by atoms with Gasteiger partial charge >= 0.3 is 24.3 Å². The molecule has 0 aliphatic heterocycles. The number of halogens is 1. The topological polar surface area (TPSA) is 170 Å². The lowest BCUT2D eigenvalue weighted by atomic mass is 9.95. The van der Waals surface area contributed by atoms with E-state index in [1.165, 1.54) is 30.3 Å². The maximum Gasteiger partial charge on any atom is 0.414 e. The van der Waals surface area contributed by atoms with Crippen LogP contribution in [-0.4, -0.2) is 65.4 Å². The molecular formula is C40H49ClN4O9. The van der Waals surface area contributed by atoms with E-state index in [4.69, 9.17) is 35.4 Å². The number of hydrogen-bond acceptors (Lipinski definition) is 10. The summed E-state index contributed by atoms with van der Waals surface area (Å²) in [7, 11) is 0. The second kappa shape index (κ2) is 20.1. The van der Waals surface area contributed by atoms with Crippen molar-refractivity contribution in [1.29, 1.82) is 0 Å². The lowest BCUT2D eigenvalue weighted by Crippen LogP contribution is -2.47. The van der Waals surface area contributed by atoms with E-state index in [-0.39, 0.29) is 41.2 Å². The van der Waals surface area contributed by atoms with Gasteiger partial charge in [0.2, 0.25) is 11.9 Å². The second-order valence-electron chi connectivity index (χ2n) is 15.3. The van der Waals surface area contributed by atoms with E-state index < -0.39 is 29.4 Å². The minimum atomic E-state index is -0.836. The molecule has 2 N–H and O–H groups in total. The van der Waals surface area contributed by atoms with Gasteiger partial charge in [0.15, 0.2) is 0 Å². The maximum atomic E-state index is 13.4. The molecule has 0 aromatic heterocycles. The van der Waals surface area contributed by atoms with Crippen LogP contribution in [0.15, 0.2) is 77.8 Å². The summed E-state index contributed by atoms with van der Waals surface area (Å²) in [5.74, 6) is -0.716. The van der Waals surface area contributed by atoms with Gasteiger partial charge in [-0.3, -0.25) is 15.4 Å². The molecule has 14 heteroatoms. The fraction of sp³-hybridized carbons (Fsp3) is 0.400. The van der Waals surface area contributed by atoms with Crippen LogP contribution in [0.25, 0.3) is 0 Å². The summed E-state index contributed by atoms with van der Waals surface area (Å²) in [4.78, 5) is 73.6. The van der Waals surface area contributed by atoms with E-state index >= 15 is 0 Å². The van der Waals surface area contributed by atoms with Crippen molar-refractivity contribution in [2.24, 2.45) is 10.4 Å². The second-order valence-corrected chi connectivity index (χ2v) is 15.7. The maximum absolute atomic E-state index is 13.4. The number of carbonyl (C=O) groups is 4. The first kappa shape index (κ1) is 44.6. The molecule has 3 rings (SSSR count). The van der Waals surface area contributed by atoms with Crippen LogP contribution in [0.1, 0.15) is 83.8 Å². The molecule has 0 aliphatic carbocycles. The molecule has 0 saturated heterocycles. The first-order valence-corrected chi connectivity index (χ1v) is 17.5. The fourth-order valence-corrected chi connectivity index (χ4v) is 4.88. The zero-order valence-electron chi connectivity index (χ0n) is 32.2. The van der Waals surface area contributed by atoms with Crippen molar-refractivity contribution in [2.45, 2.75) is 86.4 Å². The van der Waals surface area contributed by atoms with Gasteiger partial charge in [-0.1, -0.05) is 68.8 Å². The zero-order valence-corrected chi connectivity index (χ0v) is 33.0. The van der Waals surface area contributed by atoms with Gasteiger partial charge in [0, 0.05) is 18.1 Å². The number of guanidine groups is 1. The Labute approximate surface area is 321 Å². The predicted molar refractivity (Wildman–Crippen MR) is 204 cm³/mol. The van der Waals surface area contributed by atoms with Crippen molar-refractivity contribution in [3.8, 4) is 5.75 Å². The third-order valence-corrected chi connectivity index (χ3v) is 7.04. The lowest BCUT2D eigenvalue weighted by Gasteiger charge is -2.30.